The van der Waals surface area contributed by atoms with E-state index in [1.165, 1.54) is 6.07 Å². The van der Waals surface area contributed by atoms with E-state index in [1.807, 2.05) is 0 Å². The third-order valence-corrected chi connectivity index (χ3v) is 6.25. The standard InChI is InChI=1S/C13H13BrN2O3S2/c1-8-7-9(13(17)15-2)3-4-10(8)16-21(18,19)12-6-5-11(14)20-12/h3-7,16H,1-2H3,(H,15,17). The van der Waals surface area contributed by atoms with Crippen molar-refractivity contribution in [3.63, 3.8) is 0 Å². The number of rotatable bonds is 4. The molecule has 5 nitrogen and oxygen atoms in total. The van der Waals surface area contributed by atoms with Crippen LogP contribution in [0.15, 0.2) is 38.3 Å². The average Bonchev–Trinajstić information content (AvgIpc) is 2.87. The molecule has 2 rings (SSSR count). The lowest BCUT2D eigenvalue weighted by atomic mass is 10.1. The first-order valence-corrected chi connectivity index (χ1v) is 9.03. The van der Waals surface area contributed by atoms with Crippen LogP contribution in [0.25, 0.3) is 0 Å². The SMILES string of the molecule is CNC(=O)c1ccc(NS(=O)(=O)c2ccc(Br)s2)c(C)c1. The van der Waals surface area contributed by atoms with Gasteiger partial charge in [-0.1, -0.05) is 0 Å². The minimum absolute atomic E-state index is 0.213. The van der Waals surface area contributed by atoms with E-state index in [1.54, 1.807) is 38.2 Å². The molecule has 1 amide bonds. The van der Waals surface area contributed by atoms with Gasteiger partial charge in [0.15, 0.2) is 0 Å². The number of nitrogens with one attached hydrogen (secondary N) is 2. The zero-order chi connectivity index (χ0) is 15.6. The molecule has 0 saturated carbocycles. The fraction of sp³-hybridized carbons (Fsp3) is 0.154. The monoisotopic (exact) mass is 388 g/mol. The van der Waals surface area contributed by atoms with Crippen LogP contribution in [-0.2, 0) is 10.0 Å². The van der Waals surface area contributed by atoms with Gasteiger partial charge in [0.05, 0.1) is 9.47 Å². The van der Waals surface area contributed by atoms with Crippen molar-refractivity contribution in [1.82, 2.24) is 5.32 Å². The second-order valence-electron chi connectivity index (χ2n) is 4.27. The van der Waals surface area contributed by atoms with Gasteiger partial charge in [0.1, 0.15) is 4.21 Å². The molecule has 0 radical (unpaired) electrons. The molecule has 21 heavy (non-hydrogen) atoms. The van der Waals surface area contributed by atoms with Crippen LogP contribution < -0.4 is 10.0 Å². The van der Waals surface area contributed by atoms with E-state index in [9.17, 15) is 13.2 Å². The molecular weight excluding hydrogens is 376 g/mol. The van der Waals surface area contributed by atoms with Gasteiger partial charge in [-0.3, -0.25) is 9.52 Å². The van der Waals surface area contributed by atoms with Crippen LogP contribution in [0.1, 0.15) is 15.9 Å². The maximum atomic E-state index is 12.2. The first-order valence-electron chi connectivity index (χ1n) is 5.94. The number of halogens is 1. The third-order valence-electron chi connectivity index (χ3n) is 2.77. The molecule has 0 aliphatic carbocycles. The van der Waals surface area contributed by atoms with Gasteiger partial charge in [0, 0.05) is 12.6 Å². The molecule has 0 unspecified atom stereocenters. The number of anilines is 1. The zero-order valence-electron chi connectivity index (χ0n) is 11.3. The van der Waals surface area contributed by atoms with Crippen LogP contribution in [0.4, 0.5) is 5.69 Å². The summed E-state index contributed by atoms with van der Waals surface area (Å²) in [7, 11) is -2.07. The molecule has 0 aliphatic heterocycles. The summed E-state index contributed by atoms with van der Waals surface area (Å²) in [6, 6.07) is 8.02. The molecule has 2 N–H and O–H groups in total. The van der Waals surface area contributed by atoms with Crippen molar-refractivity contribution in [3.05, 3.63) is 45.2 Å². The molecule has 0 bridgehead atoms. The van der Waals surface area contributed by atoms with E-state index in [0.29, 0.717) is 16.8 Å². The van der Waals surface area contributed by atoms with Gasteiger partial charge in [-0.2, -0.15) is 0 Å². The summed E-state index contributed by atoms with van der Waals surface area (Å²) in [4.78, 5) is 11.5. The molecule has 112 valence electrons. The summed E-state index contributed by atoms with van der Waals surface area (Å²) in [5, 5.41) is 2.52. The van der Waals surface area contributed by atoms with E-state index in [-0.39, 0.29) is 10.1 Å². The van der Waals surface area contributed by atoms with E-state index < -0.39 is 10.0 Å². The highest BCUT2D eigenvalue weighted by molar-refractivity contribution is 9.11. The van der Waals surface area contributed by atoms with Gasteiger partial charge in [-0.15, -0.1) is 11.3 Å². The molecular formula is C13H13BrN2O3S2. The molecule has 0 atom stereocenters. The van der Waals surface area contributed by atoms with Crippen LogP contribution in [-0.4, -0.2) is 21.4 Å². The summed E-state index contributed by atoms with van der Waals surface area (Å²) < 4.78 is 28.0. The lowest BCUT2D eigenvalue weighted by Crippen LogP contribution is -2.18. The van der Waals surface area contributed by atoms with Gasteiger partial charge in [-0.05, 0) is 58.7 Å². The van der Waals surface area contributed by atoms with Crippen molar-refractivity contribution in [2.45, 2.75) is 11.1 Å². The lowest BCUT2D eigenvalue weighted by Gasteiger charge is -2.10. The van der Waals surface area contributed by atoms with Gasteiger partial charge in [0.25, 0.3) is 15.9 Å². The molecule has 2 aromatic rings. The Labute approximate surface area is 135 Å². The number of thiophene rings is 1. The molecule has 0 spiro atoms. The average molecular weight is 389 g/mol. The molecule has 1 aromatic carbocycles. The molecule has 0 saturated heterocycles. The van der Waals surface area contributed by atoms with Crippen LogP contribution >= 0.6 is 27.3 Å². The lowest BCUT2D eigenvalue weighted by molar-refractivity contribution is 0.0963. The maximum absolute atomic E-state index is 12.2. The van der Waals surface area contributed by atoms with Crippen molar-refractivity contribution in [1.29, 1.82) is 0 Å². The number of benzene rings is 1. The van der Waals surface area contributed by atoms with Crippen molar-refractivity contribution in [2.24, 2.45) is 0 Å². The Kier molecular flexibility index (Phi) is 4.70. The molecule has 1 aromatic heterocycles. The highest BCUT2D eigenvalue weighted by atomic mass is 79.9. The van der Waals surface area contributed by atoms with Gasteiger partial charge in [-0.25, -0.2) is 8.42 Å². The largest absolute Gasteiger partial charge is 0.355 e. The van der Waals surface area contributed by atoms with Crippen LogP contribution in [0.2, 0.25) is 0 Å². The fourth-order valence-electron chi connectivity index (χ4n) is 1.70. The number of carbonyl (C=O) groups excluding carboxylic acids is 1. The van der Waals surface area contributed by atoms with Gasteiger partial charge in [0.2, 0.25) is 0 Å². The van der Waals surface area contributed by atoms with Gasteiger partial charge < -0.3 is 5.32 Å². The number of aryl methyl sites for hydroxylation is 1. The topological polar surface area (TPSA) is 75.3 Å². The van der Waals surface area contributed by atoms with Gasteiger partial charge >= 0.3 is 0 Å². The van der Waals surface area contributed by atoms with E-state index in [2.05, 4.69) is 26.0 Å². The minimum atomic E-state index is -3.62. The van der Waals surface area contributed by atoms with Crippen molar-refractivity contribution in [2.75, 3.05) is 11.8 Å². The fourth-order valence-corrected chi connectivity index (χ4v) is 4.84. The van der Waals surface area contributed by atoms with Crippen molar-refractivity contribution >= 4 is 48.9 Å². The van der Waals surface area contributed by atoms with Crippen molar-refractivity contribution < 1.29 is 13.2 Å². The maximum Gasteiger partial charge on any atom is 0.271 e. The highest BCUT2D eigenvalue weighted by Crippen LogP contribution is 2.28. The van der Waals surface area contributed by atoms with E-state index >= 15 is 0 Å². The number of amides is 1. The Morgan fingerprint density at radius 2 is 1.95 bits per heavy atom. The summed E-state index contributed by atoms with van der Waals surface area (Å²) >= 11 is 4.37. The minimum Gasteiger partial charge on any atom is -0.355 e. The second-order valence-corrected chi connectivity index (χ2v) is 8.65. The van der Waals surface area contributed by atoms with E-state index in [0.717, 1.165) is 15.1 Å². The zero-order valence-corrected chi connectivity index (χ0v) is 14.5. The predicted octanol–water partition coefficient (Wildman–Crippen LogP) is 2.98. The Morgan fingerprint density at radius 3 is 2.48 bits per heavy atom. The second kappa shape index (κ2) is 6.17. The number of carbonyl (C=O) groups is 1. The van der Waals surface area contributed by atoms with Crippen LogP contribution in [0.3, 0.4) is 0 Å². The first-order chi connectivity index (χ1) is 9.83. The van der Waals surface area contributed by atoms with Crippen LogP contribution in [0.5, 0.6) is 0 Å². The smallest absolute Gasteiger partial charge is 0.271 e. The Balaban J connectivity index is 2.30. The summed E-state index contributed by atoms with van der Waals surface area (Å²) in [6.07, 6.45) is 0. The summed E-state index contributed by atoms with van der Waals surface area (Å²) in [5.41, 5.74) is 1.61. The summed E-state index contributed by atoms with van der Waals surface area (Å²) in [6.45, 7) is 1.74. The quantitative estimate of drug-likeness (QED) is 0.844. The normalized spacial score (nSPS) is 11.2. The Morgan fingerprint density at radius 1 is 1.24 bits per heavy atom. The van der Waals surface area contributed by atoms with E-state index in [4.69, 9.17) is 0 Å². The summed E-state index contributed by atoms with van der Waals surface area (Å²) in [5.74, 6) is -0.213. The Bertz CT molecular complexity index is 784. The van der Waals surface area contributed by atoms with Crippen LogP contribution in [0, 0.1) is 6.92 Å². The number of hydrogen-bond donors (Lipinski definition) is 2. The first kappa shape index (κ1) is 16.0. The highest BCUT2D eigenvalue weighted by Gasteiger charge is 2.18. The number of sulfonamides is 1. The predicted molar refractivity (Wildman–Crippen MR) is 87.4 cm³/mol. The van der Waals surface area contributed by atoms with Crippen molar-refractivity contribution in [3.8, 4) is 0 Å². The third kappa shape index (κ3) is 3.63. The molecule has 0 fully saturated rings. The molecule has 1 heterocycles. The molecule has 0 aliphatic rings. The Hall–Kier alpha value is -1.38. The molecule has 8 heteroatoms. The number of hydrogen-bond acceptors (Lipinski definition) is 4.